The van der Waals surface area contributed by atoms with Gasteiger partial charge in [-0.15, -0.1) is 24.0 Å². The number of halogens is 1. The van der Waals surface area contributed by atoms with Crippen molar-refractivity contribution in [3.63, 3.8) is 0 Å². The van der Waals surface area contributed by atoms with Gasteiger partial charge in [-0.3, -0.25) is 4.99 Å². The molecule has 1 aromatic carbocycles. The first-order valence-electron chi connectivity index (χ1n) is 6.83. The average molecular weight is 407 g/mol. The lowest BCUT2D eigenvalue weighted by atomic mass is 10.1. The van der Waals surface area contributed by atoms with Crippen LogP contribution in [0.3, 0.4) is 0 Å². The van der Waals surface area contributed by atoms with Crippen LogP contribution >= 0.6 is 35.7 Å². The van der Waals surface area contributed by atoms with Gasteiger partial charge >= 0.3 is 0 Å². The molecule has 0 bridgehead atoms. The summed E-state index contributed by atoms with van der Waals surface area (Å²) in [5, 5.41) is 6.64. The van der Waals surface area contributed by atoms with Crippen molar-refractivity contribution < 1.29 is 0 Å². The maximum atomic E-state index is 4.52. The predicted molar refractivity (Wildman–Crippen MR) is 103 cm³/mol. The van der Waals surface area contributed by atoms with Crippen molar-refractivity contribution in [3.05, 3.63) is 35.4 Å². The number of nitrogens with zero attached hydrogens (tertiary/aromatic N) is 1. The Bertz CT molecular complexity index is 379. The van der Waals surface area contributed by atoms with Crippen LogP contribution in [-0.4, -0.2) is 37.6 Å². The van der Waals surface area contributed by atoms with E-state index in [-0.39, 0.29) is 24.0 Å². The molecule has 114 valence electrons. The highest BCUT2D eigenvalue weighted by Crippen LogP contribution is 2.03. The molecule has 0 atom stereocenters. The quantitative estimate of drug-likeness (QED) is 0.316. The average Bonchev–Trinajstić information content (AvgIpc) is 2.41. The van der Waals surface area contributed by atoms with Crippen LogP contribution in [0.2, 0.25) is 0 Å². The fourth-order valence-electron chi connectivity index (χ4n) is 1.67. The van der Waals surface area contributed by atoms with Crippen LogP contribution in [0.25, 0.3) is 0 Å². The first-order valence-corrected chi connectivity index (χ1v) is 8.22. The van der Waals surface area contributed by atoms with Crippen LogP contribution < -0.4 is 10.6 Å². The summed E-state index contributed by atoms with van der Waals surface area (Å²) in [7, 11) is 0. The van der Waals surface area contributed by atoms with Crippen molar-refractivity contribution in [1.29, 1.82) is 0 Å². The molecule has 0 radical (unpaired) electrons. The van der Waals surface area contributed by atoms with Gasteiger partial charge in [0.1, 0.15) is 0 Å². The number of aryl methyl sites for hydroxylation is 1. The van der Waals surface area contributed by atoms with E-state index in [0.29, 0.717) is 0 Å². The van der Waals surface area contributed by atoms with E-state index in [9.17, 15) is 0 Å². The zero-order valence-electron chi connectivity index (χ0n) is 12.6. The van der Waals surface area contributed by atoms with Gasteiger partial charge in [0.15, 0.2) is 5.96 Å². The maximum Gasteiger partial charge on any atom is 0.191 e. The van der Waals surface area contributed by atoms with Gasteiger partial charge < -0.3 is 10.6 Å². The molecule has 3 nitrogen and oxygen atoms in total. The molecule has 2 N–H and O–H groups in total. The van der Waals surface area contributed by atoms with Crippen molar-refractivity contribution in [1.82, 2.24) is 10.6 Å². The molecule has 20 heavy (non-hydrogen) atoms. The van der Waals surface area contributed by atoms with Gasteiger partial charge in [0, 0.05) is 18.8 Å². The lowest BCUT2D eigenvalue weighted by molar-refractivity contribution is 0.804. The molecule has 1 aromatic rings. The molecular formula is C15H26IN3S. The Kier molecular flexibility index (Phi) is 12.1. The summed E-state index contributed by atoms with van der Waals surface area (Å²) < 4.78 is 0. The fraction of sp³-hybridized carbons (Fsp3) is 0.533. The van der Waals surface area contributed by atoms with Crippen LogP contribution in [0, 0.1) is 6.92 Å². The fourth-order valence-corrected chi connectivity index (χ4v) is 1.94. The Labute approximate surface area is 144 Å². The molecule has 0 aromatic heterocycles. The van der Waals surface area contributed by atoms with Crippen molar-refractivity contribution >= 4 is 41.7 Å². The summed E-state index contributed by atoms with van der Waals surface area (Å²) in [6.07, 6.45) is 3.13. The van der Waals surface area contributed by atoms with Crippen molar-refractivity contribution in [2.45, 2.75) is 20.3 Å². The normalized spacial score (nSPS) is 10.8. The molecule has 0 aliphatic carbocycles. The first kappa shape index (κ1) is 19.6. The minimum Gasteiger partial charge on any atom is -0.357 e. The van der Waals surface area contributed by atoms with Crippen molar-refractivity contribution in [3.8, 4) is 0 Å². The Balaban J connectivity index is 0.00000361. The Morgan fingerprint density at radius 3 is 2.50 bits per heavy atom. The zero-order chi connectivity index (χ0) is 13.9. The summed E-state index contributed by atoms with van der Waals surface area (Å²) in [5.41, 5.74) is 2.67. The smallest absolute Gasteiger partial charge is 0.191 e. The SMILES string of the molecule is CCNC(=NCCSC)NCCc1ccc(C)cc1.I. The molecule has 1 rings (SSSR count). The second-order valence-corrected chi connectivity index (χ2v) is 5.40. The van der Waals surface area contributed by atoms with E-state index in [0.717, 1.165) is 37.8 Å². The topological polar surface area (TPSA) is 36.4 Å². The third-order valence-corrected chi connectivity index (χ3v) is 3.33. The Morgan fingerprint density at radius 2 is 1.90 bits per heavy atom. The van der Waals surface area contributed by atoms with E-state index in [2.05, 4.69) is 60.0 Å². The second-order valence-electron chi connectivity index (χ2n) is 4.42. The summed E-state index contributed by atoms with van der Waals surface area (Å²) in [5.74, 6) is 1.98. The molecule has 0 aliphatic rings. The predicted octanol–water partition coefficient (Wildman–Crippen LogP) is 3.07. The lowest BCUT2D eigenvalue weighted by Gasteiger charge is -2.11. The number of benzene rings is 1. The summed E-state index contributed by atoms with van der Waals surface area (Å²) in [4.78, 5) is 4.52. The van der Waals surface area contributed by atoms with E-state index < -0.39 is 0 Å². The Morgan fingerprint density at radius 1 is 1.20 bits per heavy atom. The van der Waals surface area contributed by atoms with Crippen LogP contribution in [0.4, 0.5) is 0 Å². The van der Waals surface area contributed by atoms with Gasteiger partial charge in [0.25, 0.3) is 0 Å². The van der Waals surface area contributed by atoms with E-state index >= 15 is 0 Å². The van der Waals surface area contributed by atoms with Gasteiger partial charge in [-0.25, -0.2) is 0 Å². The maximum absolute atomic E-state index is 4.52. The number of aliphatic imine (C=N–C) groups is 1. The van der Waals surface area contributed by atoms with Gasteiger partial charge in [0.2, 0.25) is 0 Å². The molecular weight excluding hydrogens is 381 g/mol. The molecule has 0 saturated carbocycles. The van der Waals surface area contributed by atoms with Crippen molar-refractivity contribution in [2.24, 2.45) is 4.99 Å². The van der Waals surface area contributed by atoms with E-state index in [1.807, 2.05) is 11.8 Å². The van der Waals surface area contributed by atoms with Crippen LogP contribution in [0.15, 0.2) is 29.3 Å². The highest BCUT2D eigenvalue weighted by molar-refractivity contribution is 14.0. The number of hydrogen-bond acceptors (Lipinski definition) is 2. The molecule has 0 heterocycles. The highest BCUT2D eigenvalue weighted by Gasteiger charge is 1.97. The Hall–Kier alpha value is -0.430. The highest BCUT2D eigenvalue weighted by atomic mass is 127. The number of thioether (sulfide) groups is 1. The largest absolute Gasteiger partial charge is 0.357 e. The van der Waals surface area contributed by atoms with Crippen LogP contribution in [-0.2, 0) is 6.42 Å². The standard InChI is InChI=1S/C15H25N3S.HI/c1-4-16-15(18-11-12-19-3)17-10-9-14-7-5-13(2)6-8-14;/h5-8H,4,9-12H2,1-3H3,(H2,16,17,18);1H. The van der Waals surface area contributed by atoms with Crippen LogP contribution in [0.1, 0.15) is 18.1 Å². The molecule has 0 aliphatic heterocycles. The lowest BCUT2D eigenvalue weighted by Crippen LogP contribution is -2.38. The summed E-state index contributed by atoms with van der Waals surface area (Å²) >= 11 is 1.82. The third-order valence-electron chi connectivity index (χ3n) is 2.74. The molecule has 0 spiro atoms. The molecule has 0 unspecified atom stereocenters. The monoisotopic (exact) mass is 407 g/mol. The minimum absolute atomic E-state index is 0. The summed E-state index contributed by atoms with van der Waals surface area (Å²) in [6.45, 7) is 6.88. The molecule has 0 fully saturated rings. The number of nitrogens with one attached hydrogen (secondary N) is 2. The van der Waals surface area contributed by atoms with E-state index in [1.165, 1.54) is 11.1 Å². The number of rotatable bonds is 7. The van der Waals surface area contributed by atoms with Gasteiger partial charge in [-0.1, -0.05) is 29.8 Å². The summed E-state index contributed by atoms with van der Waals surface area (Å²) in [6, 6.07) is 8.70. The van der Waals surface area contributed by atoms with Crippen molar-refractivity contribution in [2.75, 3.05) is 31.6 Å². The first-order chi connectivity index (χ1) is 9.26. The van der Waals surface area contributed by atoms with E-state index in [4.69, 9.17) is 0 Å². The molecule has 0 saturated heterocycles. The number of guanidine groups is 1. The number of hydrogen-bond donors (Lipinski definition) is 2. The van der Waals surface area contributed by atoms with Gasteiger partial charge in [0.05, 0.1) is 6.54 Å². The van der Waals surface area contributed by atoms with Gasteiger partial charge in [-0.2, -0.15) is 11.8 Å². The molecule has 0 amide bonds. The van der Waals surface area contributed by atoms with E-state index in [1.54, 1.807) is 0 Å². The minimum atomic E-state index is 0. The third kappa shape index (κ3) is 8.68. The molecule has 5 heteroatoms. The van der Waals surface area contributed by atoms with Crippen LogP contribution in [0.5, 0.6) is 0 Å². The second kappa shape index (κ2) is 12.3. The van der Waals surface area contributed by atoms with Gasteiger partial charge in [-0.05, 0) is 32.1 Å². The zero-order valence-corrected chi connectivity index (χ0v) is 15.8.